The van der Waals surface area contributed by atoms with Crippen molar-refractivity contribution in [1.29, 1.82) is 0 Å². The first-order valence-electron chi connectivity index (χ1n) is 8.17. The van der Waals surface area contributed by atoms with E-state index in [0.717, 1.165) is 23.2 Å². The molecule has 1 aliphatic heterocycles. The molecule has 2 N–H and O–H groups in total. The first-order valence-corrected chi connectivity index (χ1v) is 8.17. The van der Waals surface area contributed by atoms with Crippen LogP contribution in [0.15, 0.2) is 53.5 Å². The third kappa shape index (κ3) is 2.97. The number of nitrogens with zero attached hydrogens (tertiary/aromatic N) is 2. The predicted octanol–water partition coefficient (Wildman–Crippen LogP) is 3.50. The number of anilines is 1. The second-order valence-corrected chi connectivity index (χ2v) is 6.31. The first kappa shape index (κ1) is 14.8. The molecule has 0 unspecified atom stereocenters. The lowest BCUT2D eigenvalue weighted by Crippen LogP contribution is -2.39. The highest BCUT2D eigenvalue weighted by Crippen LogP contribution is 2.31. The summed E-state index contributed by atoms with van der Waals surface area (Å²) in [6.07, 6.45) is 2.06. The molecule has 4 rings (SSSR count). The van der Waals surface area contributed by atoms with Gasteiger partial charge in [-0.3, -0.25) is 4.90 Å². The van der Waals surface area contributed by atoms with Gasteiger partial charge < -0.3 is 10.5 Å². The highest BCUT2D eigenvalue weighted by molar-refractivity contribution is 6.02. The third-order valence-corrected chi connectivity index (χ3v) is 4.39. The monoisotopic (exact) mass is 321 g/mol. The molecule has 5 heteroatoms. The summed E-state index contributed by atoms with van der Waals surface area (Å²) >= 11 is 0. The van der Waals surface area contributed by atoms with E-state index in [1.54, 1.807) is 4.90 Å². The van der Waals surface area contributed by atoms with E-state index in [4.69, 9.17) is 10.5 Å². The van der Waals surface area contributed by atoms with Gasteiger partial charge in [0.2, 0.25) is 5.90 Å². The maximum atomic E-state index is 12.1. The van der Waals surface area contributed by atoms with E-state index < -0.39 is 0 Å². The number of nitrogens with two attached hydrogens (primary N) is 1. The van der Waals surface area contributed by atoms with Gasteiger partial charge in [0.25, 0.3) is 0 Å². The molecule has 5 nitrogen and oxygen atoms in total. The Bertz CT molecular complexity index is 798. The Morgan fingerprint density at radius 1 is 1.12 bits per heavy atom. The van der Waals surface area contributed by atoms with E-state index in [0.29, 0.717) is 24.2 Å². The second-order valence-electron chi connectivity index (χ2n) is 6.31. The van der Waals surface area contributed by atoms with Crippen molar-refractivity contribution >= 4 is 17.7 Å². The van der Waals surface area contributed by atoms with Crippen LogP contribution in [-0.2, 0) is 4.74 Å². The molecule has 1 fully saturated rings. The fourth-order valence-corrected chi connectivity index (χ4v) is 2.86. The highest BCUT2D eigenvalue weighted by Gasteiger charge is 2.30. The van der Waals surface area contributed by atoms with Crippen molar-refractivity contribution < 1.29 is 9.53 Å². The highest BCUT2D eigenvalue weighted by atomic mass is 16.6. The van der Waals surface area contributed by atoms with Crippen LogP contribution in [0, 0.1) is 5.92 Å². The zero-order valence-corrected chi connectivity index (χ0v) is 13.3. The molecule has 0 aromatic heterocycles. The molecule has 0 saturated heterocycles. The van der Waals surface area contributed by atoms with Crippen LogP contribution in [0.25, 0.3) is 11.1 Å². The van der Waals surface area contributed by atoms with E-state index in [1.807, 2.05) is 48.5 Å². The number of nitrogen functional groups attached to an aromatic ring is 1. The molecule has 24 heavy (non-hydrogen) atoms. The van der Waals surface area contributed by atoms with Gasteiger partial charge in [-0.15, -0.1) is 0 Å². The van der Waals surface area contributed by atoms with Crippen LogP contribution in [0.3, 0.4) is 0 Å². The van der Waals surface area contributed by atoms with Gasteiger partial charge in [-0.25, -0.2) is 9.79 Å². The number of benzene rings is 2. The lowest BCUT2D eigenvalue weighted by molar-refractivity contribution is 0.139. The van der Waals surface area contributed by atoms with Crippen molar-refractivity contribution in [3.05, 3.63) is 54.1 Å². The van der Waals surface area contributed by atoms with Gasteiger partial charge in [-0.05, 0) is 36.5 Å². The molecule has 1 amide bonds. The number of rotatable bonds is 4. The van der Waals surface area contributed by atoms with Gasteiger partial charge in [-0.2, -0.15) is 0 Å². The van der Waals surface area contributed by atoms with Gasteiger partial charge in [0.1, 0.15) is 6.67 Å². The minimum atomic E-state index is -0.322. The summed E-state index contributed by atoms with van der Waals surface area (Å²) in [6, 6.07) is 15.6. The number of amides is 1. The van der Waals surface area contributed by atoms with E-state index >= 15 is 0 Å². The number of carbonyl (C=O) groups is 1. The van der Waals surface area contributed by atoms with Crippen LogP contribution < -0.4 is 5.73 Å². The van der Waals surface area contributed by atoms with Crippen LogP contribution in [0.4, 0.5) is 10.5 Å². The minimum absolute atomic E-state index is 0.322. The molecule has 1 saturated carbocycles. The van der Waals surface area contributed by atoms with E-state index in [2.05, 4.69) is 4.99 Å². The summed E-state index contributed by atoms with van der Waals surface area (Å²) in [6.45, 7) is 1.09. The van der Waals surface area contributed by atoms with Crippen LogP contribution in [0.1, 0.15) is 18.4 Å². The Kier molecular flexibility index (Phi) is 3.69. The molecule has 0 atom stereocenters. The van der Waals surface area contributed by atoms with Gasteiger partial charge >= 0.3 is 6.09 Å². The summed E-state index contributed by atoms with van der Waals surface area (Å²) in [7, 11) is 0. The molecule has 0 radical (unpaired) electrons. The Morgan fingerprint density at radius 2 is 1.92 bits per heavy atom. The standard InChI is InChI=1S/C19H19N3O2/c20-17-10-15(8-9-16(17)14-4-2-1-3-5-14)18-21-12-22(19(23)24-18)11-13-6-7-13/h1-5,8-10,13H,6-7,11-12,20H2. The fraction of sp³-hybridized carbons (Fsp3) is 0.263. The Morgan fingerprint density at radius 3 is 2.58 bits per heavy atom. The molecule has 0 bridgehead atoms. The van der Waals surface area contributed by atoms with Crippen molar-refractivity contribution in [2.24, 2.45) is 10.9 Å². The van der Waals surface area contributed by atoms with Gasteiger partial charge in [0.05, 0.1) is 0 Å². The average Bonchev–Trinajstić information content (AvgIpc) is 3.41. The van der Waals surface area contributed by atoms with Crippen molar-refractivity contribution in [2.45, 2.75) is 12.8 Å². The smallest absolute Gasteiger partial charge is 0.398 e. The predicted molar refractivity (Wildman–Crippen MR) is 93.6 cm³/mol. The van der Waals surface area contributed by atoms with Gasteiger partial charge in [-0.1, -0.05) is 36.4 Å². The van der Waals surface area contributed by atoms with Crippen molar-refractivity contribution in [1.82, 2.24) is 4.90 Å². The lowest BCUT2D eigenvalue weighted by atomic mass is 10.0. The number of cyclic esters (lactones) is 1. The number of carbonyl (C=O) groups excluding carboxylic acids is 1. The molecular formula is C19H19N3O2. The summed E-state index contributed by atoms with van der Waals surface area (Å²) in [5.74, 6) is 0.966. The second kappa shape index (κ2) is 6.00. The zero-order chi connectivity index (χ0) is 16.5. The zero-order valence-electron chi connectivity index (χ0n) is 13.3. The van der Waals surface area contributed by atoms with Gasteiger partial charge in [0.15, 0.2) is 0 Å². The van der Waals surface area contributed by atoms with Gasteiger partial charge in [0, 0.05) is 23.4 Å². The quantitative estimate of drug-likeness (QED) is 0.876. The molecule has 2 aliphatic rings. The number of ether oxygens (including phenoxy) is 1. The van der Waals surface area contributed by atoms with Crippen molar-refractivity contribution in [3.63, 3.8) is 0 Å². The summed E-state index contributed by atoms with van der Waals surface area (Å²) < 4.78 is 5.40. The Hall–Kier alpha value is -2.82. The lowest BCUT2D eigenvalue weighted by Gasteiger charge is -2.25. The molecule has 1 aliphatic carbocycles. The molecule has 122 valence electrons. The third-order valence-electron chi connectivity index (χ3n) is 4.39. The van der Waals surface area contributed by atoms with Crippen LogP contribution in [0.2, 0.25) is 0 Å². The summed E-state index contributed by atoms with van der Waals surface area (Å²) in [5, 5.41) is 0. The Labute approximate surface area is 140 Å². The van der Waals surface area contributed by atoms with Crippen LogP contribution >= 0.6 is 0 Å². The normalized spacial score (nSPS) is 17.4. The Balaban J connectivity index is 1.55. The maximum absolute atomic E-state index is 12.1. The maximum Gasteiger partial charge on any atom is 0.418 e. The van der Waals surface area contributed by atoms with E-state index in [9.17, 15) is 4.79 Å². The minimum Gasteiger partial charge on any atom is -0.398 e. The summed E-state index contributed by atoms with van der Waals surface area (Å²) in [4.78, 5) is 18.2. The molecule has 0 spiro atoms. The number of hydrogen-bond donors (Lipinski definition) is 1. The fourth-order valence-electron chi connectivity index (χ4n) is 2.86. The molecule has 1 heterocycles. The van der Waals surface area contributed by atoms with Crippen molar-refractivity contribution in [2.75, 3.05) is 18.9 Å². The number of hydrogen-bond acceptors (Lipinski definition) is 4. The van der Waals surface area contributed by atoms with Crippen LogP contribution in [0.5, 0.6) is 0 Å². The first-order chi connectivity index (χ1) is 11.7. The largest absolute Gasteiger partial charge is 0.418 e. The van der Waals surface area contributed by atoms with Crippen LogP contribution in [-0.4, -0.2) is 30.1 Å². The SMILES string of the molecule is Nc1cc(C2=NCN(CC3CC3)C(=O)O2)ccc1-c1ccccc1. The average molecular weight is 321 g/mol. The summed E-state index contributed by atoms with van der Waals surface area (Å²) in [5.41, 5.74) is 9.57. The molecule has 2 aromatic rings. The molecule has 2 aromatic carbocycles. The topological polar surface area (TPSA) is 67.9 Å². The van der Waals surface area contributed by atoms with E-state index in [1.165, 1.54) is 12.8 Å². The molecular weight excluding hydrogens is 302 g/mol. The van der Waals surface area contributed by atoms with E-state index in [-0.39, 0.29) is 6.09 Å². The van der Waals surface area contributed by atoms with Crippen molar-refractivity contribution in [3.8, 4) is 11.1 Å². The number of aliphatic imine (C=N–C) groups is 1.